The zero-order valence-electron chi connectivity index (χ0n) is 16.7. The molecule has 1 atom stereocenters. The summed E-state index contributed by atoms with van der Waals surface area (Å²) in [4.78, 5) is 19.9. The minimum atomic E-state index is -0.0596. The zero-order chi connectivity index (χ0) is 20.2. The zero-order valence-corrected chi connectivity index (χ0v) is 17.5. The number of fused-ring (bicyclic) bond motifs is 2. The summed E-state index contributed by atoms with van der Waals surface area (Å²) in [5, 5.41) is 3.07. The molecule has 1 unspecified atom stereocenters. The van der Waals surface area contributed by atoms with Gasteiger partial charge in [-0.15, -0.1) is 0 Å². The summed E-state index contributed by atoms with van der Waals surface area (Å²) >= 11 is 1.71. The Balaban J connectivity index is 1.54. The van der Waals surface area contributed by atoms with E-state index in [1.54, 1.807) is 11.8 Å². The molecule has 0 spiro atoms. The first-order valence-electron chi connectivity index (χ1n) is 9.97. The Bertz CT molecular complexity index is 1060. The summed E-state index contributed by atoms with van der Waals surface area (Å²) in [6, 6.07) is 24.4. The second kappa shape index (κ2) is 8.66. The summed E-state index contributed by atoms with van der Waals surface area (Å²) in [5.41, 5.74) is 4.98. The molecule has 0 aliphatic carbocycles. The van der Waals surface area contributed by atoms with Crippen LogP contribution in [0.1, 0.15) is 47.7 Å². The molecule has 4 heteroatoms. The van der Waals surface area contributed by atoms with Crippen molar-refractivity contribution >= 4 is 29.1 Å². The third kappa shape index (κ3) is 4.28. The number of aliphatic imine (C=N–C) groups is 1. The Labute approximate surface area is 176 Å². The van der Waals surface area contributed by atoms with Gasteiger partial charge in [-0.3, -0.25) is 9.79 Å². The summed E-state index contributed by atoms with van der Waals surface area (Å²) in [5.74, 6) is 0.200. The number of carbonyl (C=O) groups excluding carboxylic acids is 1. The highest BCUT2D eigenvalue weighted by Gasteiger charge is 2.18. The van der Waals surface area contributed by atoms with Gasteiger partial charge in [-0.25, -0.2) is 0 Å². The third-order valence-electron chi connectivity index (χ3n) is 5.17. The predicted octanol–water partition coefficient (Wildman–Crippen LogP) is 6.22. The van der Waals surface area contributed by atoms with Gasteiger partial charge in [0.2, 0.25) is 0 Å². The molecule has 0 saturated heterocycles. The highest BCUT2D eigenvalue weighted by atomic mass is 32.2. The molecule has 1 aliphatic rings. The van der Waals surface area contributed by atoms with E-state index in [1.165, 1.54) is 16.0 Å². The van der Waals surface area contributed by atoms with Gasteiger partial charge in [0.25, 0.3) is 5.91 Å². The molecule has 0 fully saturated rings. The Morgan fingerprint density at radius 2 is 1.76 bits per heavy atom. The quantitative estimate of drug-likeness (QED) is 0.553. The number of hydrogen-bond acceptors (Lipinski definition) is 3. The van der Waals surface area contributed by atoms with Gasteiger partial charge in [0.1, 0.15) is 0 Å². The minimum Gasteiger partial charge on any atom is -0.351 e. The van der Waals surface area contributed by atoms with E-state index in [0.29, 0.717) is 12.1 Å². The van der Waals surface area contributed by atoms with Crippen molar-refractivity contribution in [3.8, 4) is 0 Å². The van der Waals surface area contributed by atoms with Crippen molar-refractivity contribution < 1.29 is 4.79 Å². The second-order valence-electron chi connectivity index (χ2n) is 7.21. The maximum absolute atomic E-state index is 12.8. The fraction of sp³-hybridized carbons (Fsp3) is 0.200. The molecule has 1 aliphatic heterocycles. The summed E-state index contributed by atoms with van der Waals surface area (Å²) in [6.07, 6.45) is 0.849. The molecule has 146 valence electrons. The Morgan fingerprint density at radius 3 is 2.55 bits per heavy atom. The number of nitrogens with zero attached hydrogens (tertiary/aromatic N) is 1. The average molecular weight is 401 g/mol. The fourth-order valence-electron chi connectivity index (χ4n) is 3.47. The van der Waals surface area contributed by atoms with Gasteiger partial charge in [-0.2, -0.15) is 0 Å². The lowest BCUT2D eigenvalue weighted by molar-refractivity contribution is 0.0951. The molecule has 4 rings (SSSR count). The maximum atomic E-state index is 12.8. The summed E-state index contributed by atoms with van der Waals surface area (Å²) < 4.78 is 0. The van der Waals surface area contributed by atoms with Crippen LogP contribution >= 0.6 is 11.8 Å². The van der Waals surface area contributed by atoms with Crippen molar-refractivity contribution in [2.24, 2.45) is 4.99 Å². The van der Waals surface area contributed by atoms with Gasteiger partial charge in [0, 0.05) is 33.2 Å². The van der Waals surface area contributed by atoms with Crippen LogP contribution in [0.15, 0.2) is 87.6 Å². The SMILES string of the molecule is CCC1=Nc2cc(C(=O)NCC(C)c3ccccc3)ccc2Sc2ccccc21. The van der Waals surface area contributed by atoms with Crippen LogP contribution in [0.25, 0.3) is 0 Å². The van der Waals surface area contributed by atoms with Crippen LogP contribution in [0.5, 0.6) is 0 Å². The maximum Gasteiger partial charge on any atom is 0.251 e. The largest absolute Gasteiger partial charge is 0.351 e. The van der Waals surface area contributed by atoms with Crippen molar-refractivity contribution in [3.63, 3.8) is 0 Å². The van der Waals surface area contributed by atoms with Gasteiger partial charge in [0.05, 0.1) is 5.69 Å². The minimum absolute atomic E-state index is 0.0596. The lowest BCUT2D eigenvalue weighted by atomic mass is 10.0. The molecule has 3 aromatic carbocycles. The van der Waals surface area contributed by atoms with Crippen molar-refractivity contribution in [1.82, 2.24) is 5.32 Å². The monoisotopic (exact) mass is 400 g/mol. The van der Waals surface area contributed by atoms with Crippen molar-refractivity contribution in [2.75, 3.05) is 6.54 Å². The first-order chi connectivity index (χ1) is 14.2. The molecule has 1 N–H and O–H groups in total. The Morgan fingerprint density at radius 1 is 1.00 bits per heavy atom. The number of rotatable bonds is 5. The molecule has 3 nitrogen and oxygen atoms in total. The topological polar surface area (TPSA) is 41.5 Å². The summed E-state index contributed by atoms with van der Waals surface area (Å²) in [7, 11) is 0. The van der Waals surface area contributed by atoms with E-state index in [1.807, 2.05) is 42.5 Å². The molecule has 0 bridgehead atoms. The lowest BCUT2D eigenvalue weighted by Crippen LogP contribution is -2.27. The summed E-state index contributed by atoms with van der Waals surface area (Å²) in [6.45, 7) is 4.84. The van der Waals surface area contributed by atoms with Gasteiger partial charge in [-0.05, 0) is 42.2 Å². The van der Waals surface area contributed by atoms with Crippen LogP contribution in [-0.4, -0.2) is 18.2 Å². The van der Waals surface area contributed by atoms with E-state index in [-0.39, 0.29) is 11.8 Å². The number of nitrogens with one attached hydrogen (secondary N) is 1. The van der Waals surface area contributed by atoms with Crippen molar-refractivity contribution in [1.29, 1.82) is 0 Å². The van der Waals surface area contributed by atoms with Gasteiger partial charge in [0.15, 0.2) is 0 Å². The van der Waals surface area contributed by atoms with E-state index >= 15 is 0 Å². The van der Waals surface area contributed by atoms with E-state index in [2.05, 4.69) is 49.5 Å². The molecule has 0 saturated carbocycles. The number of hydrogen-bond donors (Lipinski definition) is 1. The molecule has 0 radical (unpaired) electrons. The smallest absolute Gasteiger partial charge is 0.251 e. The average Bonchev–Trinajstić information content (AvgIpc) is 2.93. The first kappa shape index (κ1) is 19.5. The van der Waals surface area contributed by atoms with Crippen LogP contribution in [0.2, 0.25) is 0 Å². The number of benzene rings is 3. The van der Waals surface area contributed by atoms with Crippen LogP contribution in [0.3, 0.4) is 0 Å². The van der Waals surface area contributed by atoms with Gasteiger partial charge < -0.3 is 5.32 Å². The van der Waals surface area contributed by atoms with Crippen LogP contribution < -0.4 is 5.32 Å². The van der Waals surface area contributed by atoms with E-state index < -0.39 is 0 Å². The Kier molecular flexibility index (Phi) is 5.81. The van der Waals surface area contributed by atoms with Crippen molar-refractivity contribution in [2.45, 2.75) is 36.0 Å². The van der Waals surface area contributed by atoms with E-state index in [0.717, 1.165) is 22.7 Å². The van der Waals surface area contributed by atoms with Crippen LogP contribution in [0, 0.1) is 0 Å². The molecule has 0 aromatic heterocycles. The number of amides is 1. The van der Waals surface area contributed by atoms with Crippen LogP contribution in [0.4, 0.5) is 5.69 Å². The normalized spacial score (nSPS) is 13.5. The Hall–Kier alpha value is -2.85. The van der Waals surface area contributed by atoms with E-state index in [4.69, 9.17) is 4.99 Å². The first-order valence-corrected chi connectivity index (χ1v) is 10.8. The molecule has 1 amide bonds. The molecule has 29 heavy (non-hydrogen) atoms. The predicted molar refractivity (Wildman–Crippen MR) is 121 cm³/mol. The number of carbonyl (C=O) groups is 1. The molecular weight excluding hydrogens is 376 g/mol. The molecule has 3 aromatic rings. The standard InChI is InChI=1S/C25H24N2OS/c1-3-21-20-11-7-8-12-23(20)29-24-14-13-19(15-22(24)27-21)25(28)26-16-17(2)18-9-5-4-6-10-18/h4-15,17H,3,16H2,1-2H3,(H,26,28). The van der Waals surface area contributed by atoms with Gasteiger partial charge in [-0.1, -0.05) is 74.1 Å². The third-order valence-corrected chi connectivity index (χ3v) is 6.31. The molecular formula is C25H24N2OS. The highest BCUT2D eigenvalue weighted by Crippen LogP contribution is 2.41. The fourth-order valence-corrected chi connectivity index (χ4v) is 4.49. The van der Waals surface area contributed by atoms with Gasteiger partial charge >= 0.3 is 0 Å². The highest BCUT2D eigenvalue weighted by molar-refractivity contribution is 7.99. The van der Waals surface area contributed by atoms with Crippen molar-refractivity contribution in [3.05, 3.63) is 89.5 Å². The van der Waals surface area contributed by atoms with Crippen LogP contribution in [-0.2, 0) is 0 Å². The second-order valence-corrected chi connectivity index (χ2v) is 8.30. The molecule has 1 heterocycles. The lowest BCUT2D eigenvalue weighted by Gasteiger charge is -2.13. The van der Waals surface area contributed by atoms with E-state index in [9.17, 15) is 4.79 Å².